The molecule has 0 bridgehead atoms. The molecular formula is C19H16Cl2F2N4O2S. The van der Waals surface area contributed by atoms with Crippen LogP contribution in [0.15, 0.2) is 49.1 Å². The van der Waals surface area contributed by atoms with E-state index in [1.807, 2.05) is 0 Å². The third-order valence-corrected chi connectivity index (χ3v) is 5.28. The number of aromatic nitrogens is 3. The van der Waals surface area contributed by atoms with Crippen LogP contribution in [0.25, 0.3) is 0 Å². The largest absolute Gasteiger partial charge is 0.383 e. The smallest absolute Gasteiger partial charge is 0.283 e. The van der Waals surface area contributed by atoms with Crippen molar-refractivity contribution in [2.75, 3.05) is 11.4 Å². The summed E-state index contributed by atoms with van der Waals surface area (Å²) < 4.78 is 29.2. The van der Waals surface area contributed by atoms with Crippen LogP contribution in [-0.4, -0.2) is 31.7 Å². The summed E-state index contributed by atoms with van der Waals surface area (Å²) in [6.07, 6.45) is 2.48. The number of rotatable bonds is 7. The van der Waals surface area contributed by atoms with Gasteiger partial charge < -0.3 is 10.0 Å². The van der Waals surface area contributed by atoms with Gasteiger partial charge in [-0.3, -0.25) is 4.79 Å². The molecule has 1 amide bonds. The van der Waals surface area contributed by atoms with Crippen LogP contribution in [0.1, 0.15) is 12.0 Å². The zero-order valence-electron chi connectivity index (χ0n) is 15.3. The van der Waals surface area contributed by atoms with E-state index < -0.39 is 22.5 Å². The molecule has 30 heavy (non-hydrogen) atoms. The lowest BCUT2D eigenvalue weighted by Crippen LogP contribution is -2.38. The molecule has 0 fully saturated rings. The summed E-state index contributed by atoms with van der Waals surface area (Å²) in [5.41, 5.74) is -1.66. The van der Waals surface area contributed by atoms with Gasteiger partial charge in [0.1, 0.15) is 29.9 Å². The van der Waals surface area contributed by atoms with E-state index in [0.29, 0.717) is 16.8 Å². The first-order valence-corrected chi connectivity index (χ1v) is 9.86. The zero-order chi connectivity index (χ0) is 21.9. The van der Waals surface area contributed by atoms with E-state index >= 15 is 0 Å². The highest BCUT2D eigenvalue weighted by Gasteiger charge is 2.34. The zero-order valence-corrected chi connectivity index (χ0v) is 17.7. The summed E-state index contributed by atoms with van der Waals surface area (Å²) in [5, 5.41) is 15.2. The quantitative estimate of drug-likeness (QED) is 0.489. The number of amides is 1. The molecule has 3 rings (SSSR count). The maximum Gasteiger partial charge on any atom is 0.283 e. The molecule has 2 aromatic carbocycles. The fourth-order valence-electron chi connectivity index (χ4n) is 3.06. The lowest BCUT2D eigenvalue weighted by Gasteiger charge is -2.32. The van der Waals surface area contributed by atoms with Gasteiger partial charge in [-0.2, -0.15) is 5.10 Å². The van der Waals surface area contributed by atoms with Crippen LogP contribution in [0.2, 0.25) is 10.0 Å². The number of aliphatic hydroxyl groups is 1. The number of carbonyl (C=O) groups is 1. The molecule has 0 saturated heterocycles. The number of anilines is 1. The molecule has 0 aliphatic carbocycles. The monoisotopic (exact) mass is 472 g/mol. The minimum atomic E-state index is -1.84. The Balaban J connectivity index is 1.94. The minimum absolute atomic E-state index is 0.0777. The predicted molar refractivity (Wildman–Crippen MR) is 113 cm³/mol. The van der Waals surface area contributed by atoms with Gasteiger partial charge in [0.05, 0.1) is 17.3 Å². The molecule has 11 heteroatoms. The molecule has 1 atom stereocenters. The second-order valence-corrected chi connectivity index (χ2v) is 7.75. The van der Waals surface area contributed by atoms with Crippen molar-refractivity contribution < 1.29 is 18.7 Å². The molecule has 1 heterocycles. The lowest BCUT2D eigenvalue weighted by molar-refractivity contribution is 0.00532. The van der Waals surface area contributed by atoms with E-state index in [-0.39, 0.29) is 30.1 Å². The number of carbonyl (C=O) groups excluding carboxylic acids is 1. The van der Waals surface area contributed by atoms with Crippen molar-refractivity contribution in [1.82, 2.24) is 14.8 Å². The van der Waals surface area contributed by atoms with Gasteiger partial charge >= 0.3 is 0 Å². The number of benzene rings is 2. The average Bonchev–Trinajstić information content (AvgIpc) is 3.15. The van der Waals surface area contributed by atoms with Crippen molar-refractivity contribution in [3.63, 3.8) is 0 Å². The Morgan fingerprint density at radius 1 is 1.23 bits per heavy atom. The van der Waals surface area contributed by atoms with Gasteiger partial charge in [-0.1, -0.05) is 41.9 Å². The SMILES string of the molecule is O=C(S)N(CC[C@](O)(Cn1cncn1)c1ccc(F)cc1F)c1ccc(Cl)cc1Cl. The van der Waals surface area contributed by atoms with Crippen LogP contribution in [0, 0.1) is 11.6 Å². The number of hydrogen-bond acceptors (Lipinski definition) is 4. The standard InChI is InChI=1S/C19H16Cl2F2N4O2S/c20-12-1-4-17(15(21)7-12)27(18(28)30)6-5-19(29,9-26-11-24-10-25-26)14-3-2-13(22)8-16(14)23/h1-4,7-8,10-11,29H,5-6,9H2,(H,28,30)/t19-/m0/s1. The Kier molecular flexibility index (Phi) is 6.97. The number of thiol groups is 1. The van der Waals surface area contributed by atoms with Crippen molar-refractivity contribution in [3.05, 3.63) is 76.3 Å². The topological polar surface area (TPSA) is 71.2 Å². The summed E-state index contributed by atoms with van der Waals surface area (Å²) in [6.45, 7) is -0.260. The predicted octanol–water partition coefficient (Wildman–Crippen LogP) is 4.70. The molecule has 0 saturated carbocycles. The Morgan fingerprint density at radius 3 is 2.60 bits per heavy atom. The second-order valence-electron chi connectivity index (χ2n) is 6.53. The molecule has 158 valence electrons. The molecule has 1 N–H and O–H groups in total. The minimum Gasteiger partial charge on any atom is -0.383 e. The number of hydrogen-bond donors (Lipinski definition) is 2. The maximum absolute atomic E-state index is 14.5. The summed E-state index contributed by atoms with van der Waals surface area (Å²) in [6, 6.07) is 7.43. The molecule has 3 aromatic rings. The van der Waals surface area contributed by atoms with Crippen LogP contribution in [-0.2, 0) is 12.1 Å². The molecule has 0 aliphatic heterocycles. The van der Waals surface area contributed by atoms with Gasteiger partial charge in [0, 0.05) is 29.6 Å². The fraction of sp³-hybridized carbons (Fsp3) is 0.211. The van der Waals surface area contributed by atoms with Crippen molar-refractivity contribution >= 4 is 46.8 Å². The Labute approximate surface area is 186 Å². The normalized spacial score (nSPS) is 13.1. The number of halogens is 4. The van der Waals surface area contributed by atoms with Crippen molar-refractivity contribution in [3.8, 4) is 0 Å². The van der Waals surface area contributed by atoms with Crippen LogP contribution in [0.4, 0.5) is 19.3 Å². The molecular weight excluding hydrogens is 457 g/mol. The Bertz CT molecular complexity index is 1060. The summed E-state index contributed by atoms with van der Waals surface area (Å²) in [7, 11) is 0. The van der Waals surface area contributed by atoms with Gasteiger partial charge in [-0.05, 0) is 24.3 Å². The van der Waals surface area contributed by atoms with Gasteiger partial charge in [0.15, 0.2) is 0 Å². The molecule has 0 aliphatic rings. The van der Waals surface area contributed by atoms with E-state index in [1.54, 1.807) is 6.07 Å². The second kappa shape index (κ2) is 9.30. The molecule has 0 radical (unpaired) electrons. The lowest BCUT2D eigenvalue weighted by atomic mass is 9.89. The molecule has 0 spiro atoms. The summed E-state index contributed by atoms with van der Waals surface area (Å²) in [4.78, 5) is 17.2. The molecule has 6 nitrogen and oxygen atoms in total. The summed E-state index contributed by atoms with van der Waals surface area (Å²) in [5.74, 6) is -1.70. The average molecular weight is 473 g/mol. The van der Waals surface area contributed by atoms with Crippen molar-refractivity contribution in [2.24, 2.45) is 0 Å². The van der Waals surface area contributed by atoms with Crippen molar-refractivity contribution in [1.29, 1.82) is 0 Å². The van der Waals surface area contributed by atoms with Gasteiger partial charge in [0.2, 0.25) is 0 Å². The highest BCUT2D eigenvalue weighted by molar-refractivity contribution is 7.96. The van der Waals surface area contributed by atoms with E-state index in [0.717, 1.165) is 12.1 Å². The highest BCUT2D eigenvalue weighted by atomic mass is 35.5. The fourth-order valence-corrected chi connectivity index (χ4v) is 3.78. The first kappa shape index (κ1) is 22.5. The van der Waals surface area contributed by atoms with E-state index in [9.17, 15) is 18.7 Å². The summed E-state index contributed by atoms with van der Waals surface area (Å²) >= 11 is 16.0. The first-order valence-electron chi connectivity index (χ1n) is 8.65. The highest BCUT2D eigenvalue weighted by Crippen LogP contribution is 2.34. The third kappa shape index (κ3) is 5.10. The Morgan fingerprint density at radius 2 is 2.00 bits per heavy atom. The molecule has 1 aromatic heterocycles. The van der Waals surface area contributed by atoms with Gasteiger partial charge in [-0.25, -0.2) is 18.4 Å². The van der Waals surface area contributed by atoms with Crippen LogP contribution in [0.3, 0.4) is 0 Å². The third-order valence-electron chi connectivity index (χ3n) is 4.50. The van der Waals surface area contributed by atoms with Crippen molar-refractivity contribution in [2.45, 2.75) is 18.6 Å². The maximum atomic E-state index is 14.5. The van der Waals surface area contributed by atoms with E-state index in [4.69, 9.17) is 23.2 Å². The van der Waals surface area contributed by atoms with Gasteiger partial charge in [0.25, 0.3) is 5.24 Å². The van der Waals surface area contributed by atoms with Crippen LogP contribution in [0.5, 0.6) is 0 Å². The Hall–Kier alpha value is -2.20. The van der Waals surface area contributed by atoms with Crippen LogP contribution < -0.4 is 4.90 Å². The van der Waals surface area contributed by atoms with Crippen LogP contribution >= 0.6 is 35.8 Å². The van der Waals surface area contributed by atoms with E-state index in [1.165, 1.54) is 34.4 Å². The van der Waals surface area contributed by atoms with Gasteiger partial charge in [-0.15, -0.1) is 0 Å². The van der Waals surface area contributed by atoms with E-state index in [2.05, 4.69) is 22.7 Å². The first-order chi connectivity index (χ1) is 14.2. The number of nitrogens with zero attached hydrogens (tertiary/aromatic N) is 4. The molecule has 0 unspecified atom stereocenters.